The maximum Gasteiger partial charge on any atom is 0.573 e. The highest BCUT2D eigenvalue weighted by atomic mass is 79.9. The molecule has 140 valence electrons. The summed E-state index contributed by atoms with van der Waals surface area (Å²) in [6.07, 6.45) is -1.77. The number of halogens is 4. The Labute approximate surface area is 165 Å². The summed E-state index contributed by atoms with van der Waals surface area (Å²) < 4.78 is 42.2. The number of alkyl halides is 3. The maximum atomic E-state index is 12.6. The van der Waals surface area contributed by atoms with Gasteiger partial charge < -0.3 is 10.1 Å². The number of hydrogen-bond donors (Lipinski definition) is 1. The summed E-state index contributed by atoms with van der Waals surface area (Å²) in [5.74, 6) is -0.815. The second-order valence-corrected chi connectivity index (χ2v) is 7.29. The highest BCUT2D eigenvalue weighted by molar-refractivity contribution is 9.10. The van der Waals surface area contributed by atoms with Crippen LogP contribution in [-0.2, 0) is 6.54 Å². The zero-order valence-corrected chi connectivity index (χ0v) is 16.0. The van der Waals surface area contributed by atoms with Gasteiger partial charge in [-0.15, -0.1) is 24.5 Å². The smallest absolute Gasteiger partial charge is 0.405 e. The Kier molecular flexibility index (Phi) is 5.81. The standard InChI is InChI=1S/C18H12BrF3N2O2S/c19-14-4-3-11(15(7-14)26-18(20,21)22)10-24-17(25)13-6-12(8-23-9-13)16-2-1-5-27-16/h1-9H,10H2,(H,24,25). The summed E-state index contributed by atoms with van der Waals surface area (Å²) in [7, 11) is 0. The minimum atomic E-state index is -4.82. The third-order valence-corrected chi connectivity index (χ3v) is 4.91. The highest BCUT2D eigenvalue weighted by Crippen LogP contribution is 2.29. The van der Waals surface area contributed by atoms with Crippen LogP contribution in [0, 0.1) is 0 Å². The topological polar surface area (TPSA) is 51.2 Å². The van der Waals surface area contributed by atoms with Crippen LogP contribution in [0.5, 0.6) is 5.75 Å². The molecule has 4 nitrogen and oxygen atoms in total. The van der Waals surface area contributed by atoms with Gasteiger partial charge in [0.05, 0.1) is 5.56 Å². The lowest BCUT2D eigenvalue weighted by Gasteiger charge is -2.14. The molecule has 0 aliphatic heterocycles. The molecule has 3 rings (SSSR count). The molecular formula is C18H12BrF3N2O2S. The maximum absolute atomic E-state index is 12.6. The number of hydrogen-bond acceptors (Lipinski definition) is 4. The molecule has 0 atom stereocenters. The van der Waals surface area contributed by atoms with Gasteiger partial charge in [-0.1, -0.05) is 28.1 Å². The fourth-order valence-corrected chi connectivity index (χ4v) is 3.36. The van der Waals surface area contributed by atoms with Crippen LogP contribution in [0.1, 0.15) is 15.9 Å². The van der Waals surface area contributed by atoms with Crippen molar-refractivity contribution in [3.8, 4) is 16.2 Å². The Morgan fingerprint density at radius 2 is 2.04 bits per heavy atom. The molecule has 0 radical (unpaired) electrons. The minimum Gasteiger partial charge on any atom is -0.405 e. The van der Waals surface area contributed by atoms with Crippen LogP contribution in [-0.4, -0.2) is 17.3 Å². The number of pyridine rings is 1. The Hall–Kier alpha value is -2.39. The first kappa shape index (κ1) is 19.4. The predicted octanol–water partition coefficient (Wildman–Crippen LogP) is 5.40. The fourth-order valence-electron chi connectivity index (χ4n) is 2.31. The Morgan fingerprint density at radius 3 is 2.74 bits per heavy atom. The van der Waals surface area contributed by atoms with Crippen LogP contribution in [0.4, 0.5) is 13.2 Å². The van der Waals surface area contributed by atoms with Crippen molar-refractivity contribution in [1.82, 2.24) is 10.3 Å². The number of carbonyl (C=O) groups is 1. The molecule has 1 amide bonds. The Bertz CT molecular complexity index is 946. The average Bonchev–Trinajstić information content (AvgIpc) is 3.14. The zero-order valence-electron chi connectivity index (χ0n) is 13.6. The zero-order chi connectivity index (χ0) is 19.4. The molecule has 1 N–H and O–H groups in total. The largest absolute Gasteiger partial charge is 0.573 e. The van der Waals surface area contributed by atoms with E-state index >= 15 is 0 Å². The van der Waals surface area contributed by atoms with E-state index in [1.807, 2.05) is 17.5 Å². The molecule has 0 fully saturated rings. The van der Waals surface area contributed by atoms with Crippen LogP contribution >= 0.6 is 27.3 Å². The average molecular weight is 457 g/mol. The molecule has 0 bridgehead atoms. The lowest BCUT2D eigenvalue weighted by Crippen LogP contribution is -2.24. The molecule has 0 saturated heterocycles. The lowest BCUT2D eigenvalue weighted by atomic mass is 10.1. The van der Waals surface area contributed by atoms with Crippen LogP contribution in [0.15, 0.2) is 58.6 Å². The van der Waals surface area contributed by atoms with Crippen molar-refractivity contribution in [2.75, 3.05) is 0 Å². The quantitative estimate of drug-likeness (QED) is 0.558. The van der Waals surface area contributed by atoms with Crippen molar-refractivity contribution in [2.24, 2.45) is 0 Å². The summed E-state index contributed by atoms with van der Waals surface area (Å²) in [6.45, 7) is -0.124. The molecule has 2 heterocycles. The lowest BCUT2D eigenvalue weighted by molar-refractivity contribution is -0.274. The highest BCUT2D eigenvalue weighted by Gasteiger charge is 2.32. The van der Waals surface area contributed by atoms with Gasteiger partial charge in [0.2, 0.25) is 0 Å². The summed E-state index contributed by atoms with van der Waals surface area (Å²) in [5, 5.41) is 4.51. The molecule has 1 aromatic carbocycles. The van der Waals surface area contributed by atoms with E-state index in [1.165, 1.54) is 29.7 Å². The molecule has 2 aromatic heterocycles. The number of rotatable bonds is 5. The number of aromatic nitrogens is 1. The van der Waals surface area contributed by atoms with E-state index in [0.29, 0.717) is 10.0 Å². The first-order valence-corrected chi connectivity index (χ1v) is 9.30. The van der Waals surface area contributed by atoms with Crippen molar-refractivity contribution in [3.05, 3.63) is 69.8 Å². The summed E-state index contributed by atoms with van der Waals surface area (Å²) >= 11 is 4.62. The summed E-state index contributed by atoms with van der Waals surface area (Å²) in [4.78, 5) is 17.4. The van der Waals surface area contributed by atoms with Gasteiger partial charge in [-0.2, -0.15) is 0 Å². The second kappa shape index (κ2) is 8.10. The number of ether oxygens (including phenoxy) is 1. The van der Waals surface area contributed by atoms with E-state index in [9.17, 15) is 18.0 Å². The number of carbonyl (C=O) groups excluding carboxylic acids is 1. The molecule has 0 aliphatic rings. The van der Waals surface area contributed by atoms with E-state index in [0.717, 1.165) is 10.4 Å². The number of thiophene rings is 1. The first-order chi connectivity index (χ1) is 12.8. The van der Waals surface area contributed by atoms with E-state index in [-0.39, 0.29) is 17.9 Å². The van der Waals surface area contributed by atoms with E-state index in [1.54, 1.807) is 18.3 Å². The number of nitrogens with zero attached hydrogens (tertiary/aromatic N) is 1. The summed E-state index contributed by atoms with van der Waals surface area (Å²) in [6, 6.07) is 9.71. The number of nitrogens with one attached hydrogen (secondary N) is 1. The van der Waals surface area contributed by atoms with Gasteiger partial charge in [0, 0.05) is 39.4 Å². The summed E-state index contributed by atoms with van der Waals surface area (Å²) in [5.41, 5.74) is 1.31. The SMILES string of the molecule is O=C(NCc1ccc(Br)cc1OC(F)(F)F)c1cncc(-c2cccs2)c1. The molecule has 0 saturated carbocycles. The van der Waals surface area contributed by atoms with Gasteiger partial charge in [0.1, 0.15) is 5.75 Å². The minimum absolute atomic E-state index is 0.124. The molecule has 3 aromatic rings. The monoisotopic (exact) mass is 456 g/mol. The fraction of sp³-hybridized carbons (Fsp3) is 0.111. The Balaban J connectivity index is 1.74. The molecule has 9 heteroatoms. The molecule has 27 heavy (non-hydrogen) atoms. The van der Waals surface area contributed by atoms with E-state index < -0.39 is 12.3 Å². The van der Waals surface area contributed by atoms with Crippen molar-refractivity contribution in [2.45, 2.75) is 12.9 Å². The van der Waals surface area contributed by atoms with Gasteiger partial charge in [0.15, 0.2) is 0 Å². The first-order valence-electron chi connectivity index (χ1n) is 7.63. The van der Waals surface area contributed by atoms with Crippen molar-refractivity contribution < 1.29 is 22.7 Å². The number of benzene rings is 1. The van der Waals surface area contributed by atoms with Crippen molar-refractivity contribution in [3.63, 3.8) is 0 Å². The van der Waals surface area contributed by atoms with Gasteiger partial charge in [-0.05, 0) is 29.6 Å². The second-order valence-electron chi connectivity index (χ2n) is 5.42. The third-order valence-electron chi connectivity index (χ3n) is 3.50. The van der Waals surface area contributed by atoms with Gasteiger partial charge in [-0.3, -0.25) is 9.78 Å². The molecule has 0 spiro atoms. The van der Waals surface area contributed by atoms with Crippen LogP contribution < -0.4 is 10.1 Å². The van der Waals surface area contributed by atoms with Gasteiger partial charge in [-0.25, -0.2) is 0 Å². The van der Waals surface area contributed by atoms with Gasteiger partial charge >= 0.3 is 6.36 Å². The van der Waals surface area contributed by atoms with E-state index in [2.05, 4.69) is 31.0 Å². The molecular weight excluding hydrogens is 445 g/mol. The number of amides is 1. The van der Waals surface area contributed by atoms with E-state index in [4.69, 9.17) is 0 Å². The third kappa shape index (κ3) is 5.30. The van der Waals surface area contributed by atoms with Crippen molar-refractivity contribution in [1.29, 1.82) is 0 Å². The normalized spacial score (nSPS) is 11.3. The van der Waals surface area contributed by atoms with Crippen LogP contribution in [0.2, 0.25) is 0 Å². The van der Waals surface area contributed by atoms with Crippen LogP contribution in [0.25, 0.3) is 10.4 Å². The van der Waals surface area contributed by atoms with Crippen molar-refractivity contribution >= 4 is 33.2 Å². The molecule has 0 unspecified atom stereocenters. The van der Waals surface area contributed by atoms with Gasteiger partial charge in [0.25, 0.3) is 5.91 Å². The Morgan fingerprint density at radius 1 is 1.22 bits per heavy atom. The predicted molar refractivity (Wildman–Crippen MR) is 99.5 cm³/mol. The molecule has 0 aliphatic carbocycles. The van der Waals surface area contributed by atoms with Crippen LogP contribution in [0.3, 0.4) is 0 Å².